The zero-order chi connectivity index (χ0) is 13.7. The van der Waals surface area contributed by atoms with Gasteiger partial charge in [-0.05, 0) is 65.4 Å². The van der Waals surface area contributed by atoms with Crippen molar-refractivity contribution in [1.82, 2.24) is 5.32 Å². The van der Waals surface area contributed by atoms with E-state index in [-0.39, 0.29) is 0 Å². The average molecular weight is 409 g/mol. The summed E-state index contributed by atoms with van der Waals surface area (Å²) in [5.41, 5.74) is 1.20. The third-order valence-electron chi connectivity index (χ3n) is 3.15. The number of thioether (sulfide) groups is 1. The smallest absolute Gasteiger partial charge is 0.138 e. The molecule has 0 bridgehead atoms. The van der Waals surface area contributed by atoms with Crippen molar-refractivity contribution in [2.24, 2.45) is 5.92 Å². The van der Waals surface area contributed by atoms with Gasteiger partial charge in [-0.2, -0.15) is 11.8 Å². The van der Waals surface area contributed by atoms with Crippen LogP contribution in [0, 0.1) is 5.92 Å². The largest absolute Gasteiger partial charge is 0.492 e. The molecule has 106 valence electrons. The molecule has 19 heavy (non-hydrogen) atoms. The van der Waals surface area contributed by atoms with E-state index < -0.39 is 0 Å². The van der Waals surface area contributed by atoms with E-state index in [0.29, 0.717) is 6.61 Å². The lowest BCUT2D eigenvalue weighted by Gasteiger charge is -2.15. The van der Waals surface area contributed by atoms with Gasteiger partial charge in [0.15, 0.2) is 0 Å². The van der Waals surface area contributed by atoms with Gasteiger partial charge in [0.1, 0.15) is 5.75 Å². The zero-order valence-corrected chi connectivity index (χ0v) is 15.0. The van der Waals surface area contributed by atoms with Gasteiger partial charge in [0.05, 0.1) is 11.1 Å². The summed E-state index contributed by atoms with van der Waals surface area (Å²) >= 11 is 9.18. The number of benzene rings is 1. The molecule has 0 amide bonds. The van der Waals surface area contributed by atoms with Crippen LogP contribution in [0.15, 0.2) is 21.1 Å². The van der Waals surface area contributed by atoms with E-state index >= 15 is 0 Å². The monoisotopic (exact) mass is 407 g/mol. The predicted molar refractivity (Wildman–Crippen MR) is 90.1 cm³/mol. The molecule has 1 atom stereocenters. The maximum atomic E-state index is 5.73. The Kier molecular flexibility index (Phi) is 6.53. The lowest BCUT2D eigenvalue weighted by atomic mass is 10.1. The van der Waals surface area contributed by atoms with Gasteiger partial charge in [-0.3, -0.25) is 0 Å². The number of hydrogen-bond donors (Lipinski definition) is 1. The molecule has 1 saturated heterocycles. The SMILES string of the molecule is CCOc1c(Br)cc(Br)cc1CNCC1CCSC1. The molecule has 1 unspecified atom stereocenters. The van der Waals surface area contributed by atoms with Crippen LogP contribution in [0.5, 0.6) is 5.75 Å². The average Bonchev–Trinajstić information content (AvgIpc) is 2.86. The van der Waals surface area contributed by atoms with Gasteiger partial charge in [-0.25, -0.2) is 0 Å². The minimum Gasteiger partial charge on any atom is -0.492 e. The highest BCUT2D eigenvalue weighted by Crippen LogP contribution is 2.33. The Labute approximate surface area is 136 Å². The topological polar surface area (TPSA) is 21.3 Å². The highest BCUT2D eigenvalue weighted by molar-refractivity contribution is 9.11. The third kappa shape index (κ3) is 4.66. The fourth-order valence-electron chi connectivity index (χ4n) is 2.21. The highest BCUT2D eigenvalue weighted by Gasteiger charge is 2.15. The van der Waals surface area contributed by atoms with E-state index in [2.05, 4.69) is 55.0 Å². The second-order valence-corrected chi connectivity index (χ2v) is 7.59. The summed E-state index contributed by atoms with van der Waals surface area (Å²) in [5, 5.41) is 3.56. The quantitative estimate of drug-likeness (QED) is 0.750. The number of halogens is 2. The number of hydrogen-bond acceptors (Lipinski definition) is 3. The first kappa shape index (κ1) is 15.7. The van der Waals surface area contributed by atoms with Gasteiger partial charge < -0.3 is 10.1 Å². The maximum Gasteiger partial charge on any atom is 0.138 e. The van der Waals surface area contributed by atoms with Crippen LogP contribution in [0.4, 0.5) is 0 Å². The van der Waals surface area contributed by atoms with E-state index in [1.807, 2.05) is 13.0 Å². The van der Waals surface area contributed by atoms with Gasteiger partial charge >= 0.3 is 0 Å². The van der Waals surface area contributed by atoms with Crippen LogP contribution >= 0.6 is 43.6 Å². The molecule has 0 saturated carbocycles. The summed E-state index contributed by atoms with van der Waals surface area (Å²) in [7, 11) is 0. The Morgan fingerprint density at radius 2 is 2.26 bits per heavy atom. The molecule has 1 fully saturated rings. The minimum atomic E-state index is 0.687. The molecular weight excluding hydrogens is 390 g/mol. The standard InChI is InChI=1S/C14H19Br2NOS/c1-2-18-14-11(5-12(15)6-13(14)16)8-17-7-10-3-4-19-9-10/h5-6,10,17H,2-4,7-9H2,1H3. The molecule has 0 spiro atoms. The van der Waals surface area contributed by atoms with Crippen molar-refractivity contribution in [3.63, 3.8) is 0 Å². The van der Waals surface area contributed by atoms with Gasteiger partial charge in [0, 0.05) is 16.6 Å². The second-order valence-electron chi connectivity index (χ2n) is 4.67. The molecule has 1 aliphatic rings. The predicted octanol–water partition coefficient (Wildman–Crippen LogP) is 4.45. The number of ether oxygens (including phenoxy) is 1. The summed E-state index contributed by atoms with van der Waals surface area (Å²) in [6.07, 6.45) is 1.35. The molecule has 0 radical (unpaired) electrons. The summed E-state index contributed by atoms with van der Waals surface area (Å²) in [6.45, 7) is 4.66. The lowest BCUT2D eigenvalue weighted by Crippen LogP contribution is -2.22. The van der Waals surface area contributed by atoms with Crippen molar-refractivity contribution < 1.29 is 4.74 Å². The third-order valence-corrected chi connectivity index (χ3v) is 5.42. The maximum absolute atomic E-state index is 5.73. The van der Waals surface area contributed by atoms with Crippen LogP contribution in [0.3, 0.4) is 0 Å². The van der Waals surface area contributed by atoms with Gasteiger partial charge in [0.2, 0.25) is 0 Å². The second kappa shape index (κ2) is 7.91. The van der Waals surface area contributed by atoms with Crippen LogP contribution in [-0.4, -0.2) is 24.7 Å². The first-order valence-electron chi connectivity index (χ1n) is 6.60. The van der Waals surface area contributed by atoms with Crippen LogP contribution in [-0.2, 0) is 6.54 Å². The minimum absolute atomic E-state index is 0.687. The number of rotatable bonds is 6. The first-order valence-corrected chi connectivity index (χ1v) is 9.34. The Morgan fingerprint density at radius 1 is 1.42 bits per heavy atom. The Balaban J connectivity index is 1.97. The van der Waals surface area contributed by atoms with Crippen LogP contribution in [0.1, 0.15) is 18.9 Å². The summed E-state index contributed by atoms with van der Waals surface area (Å²) in [5.74, 6) is 4.40. The highest BCUT2D eigenvalue weighted by atomic mass is 79.9. The van der Waals surface area contributed by atoms with Crippen LogP contribution in [0.2, 0.25) is 0 Å². The first-order chi connectivity index (χ1) is 9.20. The van der Waals surface area contributed by atoms with Crippen molar-refractivity contribution in [3.05, 3.63) is 26.6 Å². The van der Waals surface area contributed by atoms with E-state index in [4.69, 9.17) is 4.74 Å². The molecule has 1 aliphatic heterocycles. The van der Waals surface area contributed by atoms with Gasteiger partial charge in [-0.15, -0.1) is 0 Å². The zero-order valence-electron chi connectivity index (χ0n) is 11.0. The van der Waals surface area contributed by atoms with E-state index in [1.165, 1.54) is 23.5 Å². The molecule has 2 nitrogen and oxygen atoms in total. The number of nitrogens with one attached hydrogen (secondary N) is 1. The van der Waals surface area contributed by atoms with Gasteiger partial charge in [0.25, 0.3) is 0 Å². The Morgan fingerprint density at radius 3 is 2.95 bits per heavy atom. The summed E-state index contributed by atoms with van der Waals surface area (Å²) in [4.78, 5) is 0. The van der Waals surface area contributed by atoms with Gasteiger partial charge in [-0.1, -0.05) is 15.9 Å². The fraction of sp³-hybridized carbons (Fsp3) is 0.571. The summed E-state index contributed by atoms with van der Waals surface area (Å²) in [6, 6.07) is 4.16. The molecule has 0 aromatic heterocycles. The van der Waals surface area contributed by atoms with Crippen LogP contribution < -0.4 is 10.1 Å². The molecule has 1 aromatic rings. The van der Waals surface area contributed by atoms with E-state index in [0.717, 1.165) is 33.7 Å². The van der Waals surface area contributed by atoms with E-state index in [1.54, 1.807) is 0 Å². The molecule has 1 aromatic carbocycles. The molecule has 2 rings (SSSR count). The van der Waals surface area contributed by atoms with Crippen molar-refractivity contribution >= 4 is 43.6 Å². The fourth-order valence-corrected chi connectivity index (χ4v) is 4.92. The van der Waals surface area contributed by atoms with Crippen molar-refractivity contribution in [2.75, 3.05) is 24.7 Å². The van der Waals surface area contributed by atoms with Crippen molar-refractivity contribution in [2.45, 2.75) is 19.9 Å². The molecule has 1 N–H and O–H groups in total. The van der Waals surface area contributed by atoms with Crippen molar-refractivity contribution in [1.29, 1.82) is 0 Å². The molecule has 5 heteroatoms. The Hall–Kier alpha value is 0.290. The normalized spacial score (nSPS) is 18.8. The van der Waals surface area contributed by atoms with Crippen molar-refractivity contribution in [3.8, 4) is 5.75 Å². The van der Waals surface area contributed by atoms with E-state index in [9.17, 15) is 0 Å². The Bertz CT molecular complexity index is 422. The lowest BCUT2D eigenvalue weighted by molar-refractivity contribution is 0.333. The van der Waals surface area contributed by atoms with Crippen LogP contribution in [0.25, 0.3) is 0 Å². The molecule has 0 aliphatic carbocycles. The molecular formula is C14H19Br2NOS. The summed E-state index contributed by atoms with van der Waals surface area (Å²) < 4.78 is 7.82. The molecule has 1 heterocycles.